The molecular weight excluding hydrogens is 456 g/mol. The van der Waals surface area contributed by atoms with E-state index in [2.05, 4.69) is 10.7 Å². The molecule has 5 nitrogen and oxygen atoms in total. The van der Waals surface area contributed by atoms with Crippen LogP contribution in [0.5, 0.6) is 0 Å². The van der Waals surface area contributed by atoms with E-state index in [4.69, 9.17) is 9.72 Å². The number of ether oxygens (including phenoxy) is 1. The van der Waals surface area contributed by atoms with Gasteiger partial charge in [-0.2, -0.15) is 0 Å². The van der Waals surface area contributed by atoms with E-state index in [0.717, 1.165) is 34.7 Å². The largest absolute Gasteiger partial charge is 0.465 e. The Labute approximate surface area is 210 Å². The first kappa shape index (κ1) is 23.5. The molecule has 1 aromatic heterocycles. The molecule has 0 unspecified atom stereocenters. The van der Waals surface area contributed by atoms with Crippen LogP contribution in [0.4, 0.5) is 5.69 Å². The van der Waals surface area contributed by atoms with Crippen molar-refractivity contribution in [2.75, 3.05) is 12.4 Å². The highest BCUT2D eigenvalue weighted by atomic mass is 32.1. The lowest BCUT2D eigenvalue weighted by molar-refractivity contribution is -0.121. The second kappa shape index (κ2) is 10.2. The zero-order valence-corrected chi connectivity index (χ0v) is 20.8. The van der Waals surface area contributed by atoms with E-state index in [1.807, 2.05) is 54.6 Å². The number of hydrogen-bond acceptors (Lipinski definition) is 5. The van der Waals surface area contributed by atoms with Gasteiger partial charge in [0.15, 0.2) is 0 Å². The van der Waals surface area contributed by atoms with E-state index in [9.17, 15) is 9.59 Å². The van der Waals surface area contributed by atoms with Crippen LogP contribution in [0, 0.1) is 0 Å². The Balaban J connectivity index is 1.35. The number of anilines is 1. The third-order valence-electron chi connectivity index (χ3n) is 7.37. The number of thiazole rings is 1. The summed E-state index contributed by atoms with van der Waals surface area (Å²) in [6, 6.07) is 15.2. The Morgan fingerprint density at radius 2 is 1.86 bits per heavy atom. The van der Waals surface area contributed by atoms with Crippen molar-refractivity contribution in [2.24, 2.45) is 0 Å². The highest BCUT2D eigenvalue weighted by molar-refractivity contribution is 7.10. The number of benzene rings is 2. The van der Waals surface area contributed by atoms with Gasteiger partial charge in [0.2, 0.25) is 5.91 Å². The van der Waals surface area contributed by atoms with Crippen LogP contribution in [0.3, 0.4) is 0 Å². The molecule has 2 aromatic carbocycles. The summed E-state index contributed by atoms with van der Waals surface area (Å²) in [7, 11) is 1.37. The van der Waals surface area contributed by atoms with Gasteiger partial charge in [-0.05, 0) is 61.1 Å². The topological polar surface area (TPSA) is 68.3 Å². The lowest BCUT2D eigenvalue weighted by atomic mass is 9.75. The van der Waals surface area contributed by atoms with Crippen molar-refractivity contribution in [3.8, 4) is 0 Å². The summed E-state index contributed by atoms with van der Waals surface area (Å²) in [6.07, 6.45) is 11.2. The maximum Gasteiger partial charge on any atom is 0.338 e. The van der Waals surface area contributed by atoms with Crippen LogP contribution in [0.15, 0.2) is 53.9 Å². The summed E-state index contributed by atoms with van der Waals surface area (Å²) in [4.78, 5) is 30.9. The minimum absolute atomic E-state index is 0.0717. The predicted octanol–water partition coefficient (Wildman–Crippen LogP) is 6.82. The average molecular weight is 487 g/mol. The molecule has 1 heterocycles. The quantitative estimate of drug-likeness (QED) is 0.372. The Bertz CT molecular complexity index is 1250. The molecule has 5 rings (SSSR count). The number of carbonyl (C=O) groups is 2. The lowest BCUT2D eigenvalue weighted by Gasteiger charge is -2.30. The Morgan fingerprint density at radius 1 is 1.06 bits per heavy atom. The summed E-state index contributed by atoms with van der Waals surface area (Å²) >= 11 is 1.68. The SMILES string of the molecule is COC(=O)c1ccccc1C1(C(=O)Nc2cccc(/C=C/c3nc(C4CCC4)cs3)c2)CCCC1. The molecule has 35 heavy (non-hydrogen) atoms. The van der Waals surface area contributed by atoms with Gasteiger partial charge in [-0.1, -0.05) is 55.7 Å². The van der Waals surface area contributed by atoms with Gasteiger partial charge >= 0.3 is 5.97 Å². The van der Waals surface area contributed by atoms with Crippen molar-refractivity contribution in [3.05, 3.63) is 81.3 Å². The van der Waals surface area contributed by atoms with Crippen molar-refractivity contribution in [1.29, 1.82) is 0 Å². The molecule has 2 aliphatic carbocycles. The fourth-order valence-corrected chi connectivity index (χ4v) is 5.98. The number of rotatable bonds is 7. The number of amides is 1. The summed E-state index contributed by atoms with van der Waals surface area (Å²) < 4.78 is 5.00. The van der Waals surface area contributed by atoms with Crippen LogP contribution in [-0.2, 0) is 14.9 Å². The van der Waals surface area contributed by atoms with Gasteiger partial charge in [-0.3, -0.25) is 4.79 Å². The normalized spacial score (nSPS) is 17.3. The smallest absolute Gasteiger partial charge is 0.338 e. The van der Waals surface area contributed by atoms with Crippen LogP contribution in [0.2, 0.25) is 0 Å². The van der Waals surface area contributed by atoms with Crippen LogP contribution in [-0.4, -0.2) is 24.0 Å². The highest BCUT2D eigenvalue weighted by Gasteiger charge is 2.44. The number of methoxy groups -OCH3 is 1. The molecule has 0 radical (unpaired) electrons. The predicted molar refractivity (Wildman–Crippen MR) is 141 cm³/mol. The standard InChI is InChI=1S/C29H30N2O3S/c1-34-27(32)23-12-2-3-13-24(23)29(16-4-5-17-29)28(33)30-22-11-6-8-20(18-22)14-15-26-31-25(19-35-26)21-9-7-10-21/h2-3,6,8,11-15,18-19,21H,4-5,7,9-10,16-17H2,1H3,(H,30,33)/b15-14+. The number of hydrogen-bond donors (Lipinski definition) is 1. The third kappa shape index (κ3) is 4.80. The maximum absolute atomic E-state index is 13.7. The molecule has 0 bridgehead atoms. The zero-order chi connectivity index (χ0) is 24.3. The van der Waals surface area contributed by atoms with Crippen LogP contribution < -0.4 is 5.32 Å². The second-order valence-electron chi connectivity index (χ2n) is 9.48. The minimum atomic E-state index is -0.741. The van der Waals surface area contributed by atoms with Crippen molar-refractivity contribution < 1.29 is 14.3 Å². The first-order valence-corrected chi connectivity index (χ1v) is 13.2. The Kier molecular flexibility index (Phi) is 6.82. The van der Waals surface area contributed by atoms with Gasteiger partial charge in [0.25, 0.3) is 0 Å². The Morgan fingerprint density at radius 3 is 2.60 bits per heavy atom. The molecule has 0 spiro atoms. The van der Waals surface area contributed by atoms with Gasteiger partial charge in [-0.15, -0.1) is 11.3 Å². The molecule has 6 heteroatoms. The summed E-state index contributed by atoms with van der Waals surface area (Å²) in [5.74, 6) is 0.158. The first-order chi connectivity index (χ1) is 17.1. The number of carbonyl (C=O) groups excluding carboxylic acids is 2. The van der Waals surface area contributed by atoms with Crippen LogP contribution in [0.1, 0.15) is 83.1 Å². The number of nitrogens with one attached hydrogen (secondary N) is 1. The number of aromatic nitrogens is 1. The molecule has 0 atom stereocenters. The minimum Gasteiger partial charge on any atom is -0.465 e. The molecule has 1 amide bonds. The van der Waals surface area contributed by atoms with E-state index in [1.165, 1.54) is 32.1 Å². The summed E-state index contributed by atoms with van der Waals surface area (Å²) in [5.41, 5.74) is 3.44. The second-order valence-corrected chi connectivity index (χ2v) is 10.4. The van der Waals surface area contributed by atoms with Crippen molar-refractivity contribution in [1.82, 2.24) is 4.98 Å². The summed E-state index contributed by atoms with van der Waals surface area (Å²) in [5, 5.41) is 6.32. The maximum atomic E-state index is 13.7. The number of nitrogens with zero attached hydrogens (tertiary/aromatic N) is 1. The molecule has 1 N–H and O–H groups in total. The monoisotopic (exact) mass is 486 g/mol. The van der Waals surface area contributed by atoms with E-state index in [-0.39, 0.29) is 5.91 Å². The molecule has 2 aliphatic rings. The first-order valence-electron chi connectivity index (χ1n) is 12.3. The lowest BCUT2D eigenvalue weighted by Crippen LogP contribution is -2.39. The number of esters is 1. The average Bonchev–Trinajstić information content (AvgIpc) is 3.52. The zero-order valence-electron chi connectivity index (χ0n) is 20.0. The Hall–Kier alpha value is -3.25. The van der Waals surface area contributed by atoms with Gasteiger partial charge in [-0.25, -0.2) is 9.78 Å². The van der Waals surface area contributed by atoms with Gasteiger partial charge in [0.05, 0.1) is 23.8 Å². The molecule has 3 aromatic rings. The van der Waals surface area contributed by atoms with Gasteiger partial charge < -0.3 is 10.1 Å². The van der Waals surface area contributed by atoms with E-state index in [0.29, 0.717) is 24.3 Å². The third-order valence-corrected chi connectivity index (χ3v) is 8.19. The van der Waals surface area contributed by atoms with Crippen molar-refractivity contribution in [3.63, 3.8) is 0 Å². The molecule has 0 aliphatic heterocycles. The fourth-order valence-electron chi connectivity index (χ4n) is 5.19. The summed E-state index contributed by atoms with van der Waals surface area (Å²) in [6.45, 7) is 0. The van der Waals surface area contributed by atoms with E-state index in [1.54, 1.807) is 17.4 Å². The van der Waals surface area contributed by atoms with E-state index >= 15 is 0 Å². The molecule has 180 valence electrons. The molecule has 0 saturated heterocycles. The van der Waals surface area contributed by atoms with Crippen molar-refractivity contribution in [2.45, 2.75) is 56.3 Å². The van der Waals surface area contributed by atoms with Crippen LogP contribution in [0.25, 0.3) is 12.2 Å². The van der Waals surface area contributed by atoms with Crippen LogP contribution >= 0.6 is 11.3 Å². The van der Waals surface area contributed by atoms with E-state index < -0.39 is 11.4 Å². The van der Waals surface area contributed by atoms with Gasteiger partial charge in [0.1, 0.15) is 5.01 Å². The van der Waals surface area contributed by atoms with Crippen molar-refractivity contribution >= 4 is 41.1 Å². The van der Waals surface area contributed by atoms with Gasteiger partial charge in [0, 0.05) is 17.0 Å². The fraction of sp³-hybridized carbons (Fsp3) is 0.345. The highest BCUT2D eigenvalue weighted by Crippen LogP contribution is 2.43. The molecule has 2 fully saturated rings. The molecule has 2 saturated carbocycles. The molecular formula is C29H30N2O3S.